The molecule has 1 aliphatic heterocycles. The highest BCUT2D eigenvalue weighted by atomic mass is 127. The molecule has 1 aliphatic carbocycles. The van der Waals surface area contributed by atoms with Crippen LogP contribution in [-0.2, 0) is 16.0 Å². The Kier molecular flexibility index (Phi) is 13.3. The maximum Gasteiger partial charge on any atom is 0.191 e. The van der Waals surface area contributed by atoms with E-state index in [0.717, 1.165) is 64.1 Å². The molecule has 2 aliphatic rings. The van der Waals surface area contributed by atoms with Gasteiger partial charge in [0.1, 0.15) is 5.75 Å². The number of ether oxygens (including phenoxy) is 3. The number of benzene rings is 1. The minimum Gasteiger partial charge on any atom is -0.490 e. The second kappa shape index (κ2) is 15.7. The van der Waals surface area contributed by atoms with Gasteiger partial charge in [0, 0.05) is 32.2 Å². The van der Waals surface area contributed by atoms with E-state index >= 15 is 0 Å². The average Bonchev–Trinajstić information content (AvgIpc) is 3.29. The van der Waals surface area contributed by atoms with Gasteiger partial charge >= 0.3 is 0 Å². The molecule has 0 amide bonds. The fourth-order valence-electron chi connectivity index (χ4n) is 3.95. The van der Waals surface area contributed by atoms with E-state index in [2.05, 4.69) is 41.8 Å². The molecule has 0 spiro atoms. The van der Waals surface area contributed by atoms with Gasteiger partial charge in [-0.2, -0.15) is 0 Å². The zero-order valence-electron chi connectivity index (χ0n) is 18.9. The summed E-state index contributed by atoms with van der Waals surface area (Å²) < 4.78 is 17.3. The molecule has 3 rings (SSSR count). The van der Waals surface area contributed by atoms with Gasteiger partial charge in [-0.3, -0.25) is 0 Å². The van der Waals surface area contributed by atoms with E-state index in [4.69, 9.17) is 19.2 Å². The van der Waals surface area contributed by atoms with E-state index in [1.54, 1.807) is 0 Å². The minimum atomic E-state index is 0. The molecule has 31 heavy (non-hydrogen) atoms. The quantitative estimate of drug-likeness (QED) is 0.185. The van der Waals surface area contributed by atoms with Crippen molar-refractivity contribution >= 4 is 29.9 Å². The van der Waals surface area contributed by atoms with Crippen molar-refractivity contribution < 1.29 is 14.2 Å². The second-order valence-corrected chi connectivity index (χ2v) is 8.31. The SMILES string of the molecule is CCNC(=NCc1cccc(OC2CCCCC2)c1)NCCCOCC1CCOC1.I. The molecular weight excluding hydrogens is 505 g/mol. The molecule has 2 fully saturated rings. The lowest BCUT2D eigenvalue weighted by atomic mass is 9.98. The molecule has 2 N–H and O–H groups in total. The van der Waals surface area contributed by atoms with Crippen LogP contribution in [0.25, 0.3) is 0 Å². The van der Waals surface area contributed by atoms with Crippen LogP contribution in [0, 0.1) is 5.92 Å². The molecule has 1 aromatic carbocycles. The van der Waals surface area contributed by atoms with Gasteiger partial charge < -0.3 is 24.8 Å². The van der Waals surface area contributed by atoms with Gasteiger partial charge in [-0.15, -0.1) is 24.0 Å². The molecule has 1 atom stereocenters. The maximum atomic E-state index is 6.19. The van der Waals surface area contributed by atoms with Gasteiger partial charge in [0.15, 0.2) is 5.96 Å². The summed E-state index contributed by atoms with van der Waals surface area (Å²) in [5.41, 5.74) is 1.17. The van der Waals surface area contributed by atoms with Crippen molar-refractivity contribution in [1.82, 2.24) is 10.6 Å². The third-order valence-corrected chi connectivity index (χ3v) is 5.65. The highest BCUT2D eigenvalue weighted by molar-refractivity contribution is 14.0. The molecule has 6 nitrogen and oxygen atoms in total. The molecule has 1 aromatic rings. The van der Waals surface area contributed by atoms with Crippen molar-refractivity contribution in [1.29, 1.82) is 0 Å². The number of hydrogen-bond donors (Lipinski definition) is 2. The van der Waals surface area contributed by atoms with Gasteiger partial charge in [0.2, 0.25) is 0 Å². The van der Waals surface area contributed by atoms with Gasteiger partial charge in [-0.1, -0.05) is 18.6 Å². The lowest BCUT2D eigenvalue weighted by Crippen LogP contribution is -2.38. The van der Waals surface area contributed by atoms with Crippen LogP contribution in [0.1, 0.15) is 57.4 Å². The summed E-state index contributed by atoms with van der Waals surface area (Å²) in [6.07, 6.45) is 8.73. The highest BCUT2D eigenvalue weighted by Crippen LogP contribution is 2.24. The topological polar surface area (TPSA) is 64.1 Å². The normalized spacial score (nSPS) is 19.6. The molecule has 176 valence electrons. The number of nitrogens with zero attached hydrogens (tertiary/aromatic N) is 1. The summed E-state index contributed by atoms with van der Waals surface area (Å²) in [5, 5.41) is 6.72. The Labute approximate surface area is 204 Å². The monoisotopic (exact) mass is 545 g/mol. The van der Waals surface area contributed by atoms with Gasteiger partial charge in [0.25, 0.3) is 0 Å². The Balaban J connectivity index is 0.00000341. The Morgan fingerprint density at radius 3 is 2.81 bits per heavy atom. The smallest absolute Gasteiger partial charge is 0.191 e. The first kappa shape index (κ1) is 26.2. The maximum absolute atomic E-state index is 6.19. The zero-order chi connectivity index (χ0) is 20.9. The van der Waals surface area contributed by atoms with E-state index in [9.17, 15) is 0 Å². The van der Waals surface area contributed by atoms with Crippen LogP contribution in [0.3, 0.4) is 0 Å². The highest BCUT2D eigenvalue weighted by Gasteiger charge is 2.15. The first-order chi connectivity index (χ1) is 14.8. The fourth-order valence-corrected chi connectivity index (χ4v) is 3.95. The summed E-state index contributed by atoms with van der Waals surface area (Å²) in [7, 11) is 0. The van der Waals surface area contributed by atoms with Gasteiger partial charge in [-0.25, -0.2) is 4.99 Å². The van der Waals surface area contributed by atoms with Gasteiger partial charge in [0.05, 0.1) is 25.9 Å². The molecule has 1 saturated heterocycles. The third-order valence-electron chi connectivity index (χ3n) is 5.65. The lowest BCUT2D eigenvalue weighted by Gasteiger charge is -2.23. The number of nitrogens with one attached hydrogen (secondary N) is 2. The fraction of sp³-hybridized carbons (Fsp3) is 0.708. The molecule has 1 heterocycles. The molecule has 0 bridgehead atoms. The first-order valence-corrected chi connectivity index (χ1v) is 11.8. The molecule has 7 heteroatoms. The number of rotatable bonds is 11. The number of aliphatic imine (C=N–C) groups is 1. The number of hydrogen-bond acceptors (Lipinski definition) is 4. The van der Waals surface area contributed by atoms with E-state index in [1.165, 1.54) is 37.7 Å². The van der Waals surface area contributed by atoms with Crippen LogP contribution in [0.2, 0.25) is 0 Å². The van der Waals surface area contributed by atoms with Crippen LogP contribution >= 0.6 is 24.0 Å². The van der Waals surface area contributed by atoms with Crippen molar-refractivity contribution in [2.45, 2.75) is 64.5 Å². The Morgan fingerprint density at radius 1 is 1.16 bits per heavy atom. The van der Waals surface area contributed by atoms with Crippen molar-refractivity contribution in [2.24, 2.45) is 10.9 Å². The van der Waals surface area contributed by atoms with Crippen LogP contribution in [0.5, 0.6) is 5.75 Å². The molecule has 1 unspecified atom stereocenters. The van der Waals surface area contributed by atoms with E-state index in [0.29, 0.717) is 18.6 Å². The van der Waals surface area contributed by atoms with E-state index < -0.39 is 0 Å². The summed E-state index contributed by atoms with van der Waals surface area (Å²) in [5.74, 6) is 2.40. The van der Waals surface area contributed by atoms with Crippen LogP contribution in [0.15, 0.2) is 29.3 Å². The van der Waals surface area contributed by atoms with Crippen LogP contribution in [0.4, 0.5) is 0 Å². The third kappa shape index (κ3) is 10.4. The minimum absolute atomic E-state index is 0. The largest absolute Gasteiger partial charge is 0.490 e. The van der Waals surface area contributed by atoms with Crippen LogP contribution in [-0.4, -0.2) is 51.6 Å². The summed E-state index contributed by atoms with van der Waals surface area (Å²) in [6.45, 7) is 7.72. The number of guanidine groups is 1. The lowest BCUT2D eigenvalue weighted by molar-refractivity contribution is 0.0888. The van der Waals surface area contributed by atoms with Crippen molar-refractivity contribution in [2.75, 3.05) is 39.5 Å². The average molecular weight is 546 g/mol. The zero-order valence-corrected chi connectivity index (χ0v) is 21.3. The standard InChI is InChI=1S/C24H39N3O3.HI/c1-2-25-24(26-13-7-14-28-18-21-12-15-29-19-21)27-17-20-8-6-11-23(16-20)30-22-9-4-3-5-10-22;/h6,8,11,16,21-22H,2-5,7,9-10,12-15,17-19H2,1H3,(H2,25,26,27);1H. The van der Waals surface area contributed by atoms with Crippen molar-refractivity contribution in [3.8, 4) is 5.75 Å². The predicted octanol–water partition coefficient (Wildman–Crippen LogP) is 4.51. The first-order valence-electron chi connectivity index (χ1n) is 11.8. The Hall–Kier alpha value is -1.06. The van der Waals surface area contributed by atoms with Crippen LogP contribution < -0.4 is 15.4 Å². The summed E-state index contributed by atoms with van der Waals surface area (Å²) >= 11 is 0. The summed E-state index contributed by atoms with van der Waals surface area (Å²) in [4.78, 5) is 4.73. The Bertz CT molecular complexity index is 632. The van der Waals surface area contributed by atoms with Crippen molar-refractivity contribution in [3.05, 3.63) is 29.8 Å². The summed E-state index contributed by atoms with van der Waals surface area (Å²) in [6, 6.07) is 8.36. The van der Waals surface area contributed by atoms with E-state index in [1.807, 2.05) is 0 Å². The van der Waals surface area contributed by atoms with Gasteiger partial charge in [-0.05, 0) is 63.1 Å². The molecular formula is C24H40IN3O3. The van der Waals surface area contributed by atoms with E-state index in [-0.39, 0.29) is 24.0 Å². The molecule has 0 aromatic heterocycles. The molecule has 0 radical (unpaired) electrons. The number of halogens is 1. The predicted molar refractivity (Wildman–Crippen MR) is 137 cm³/mol. The molecule has 1 saturated carbocycles. The Morgan fingerprint density at radius 2 is 2.03 bits per heavy atom. The second-order valence-electron chi connectivity index (χ2n) is 8.31. The van der Waals surface area contributed by atoms with Crippen molar-refractivity contribution in [3.63, 3.8) is 0 Å².